The summed E-state index contributed by atoms with van der Waals surface area (Å²) in [7, 11) is 0. The zero-order chi connectivity index (χ0) is 16.8. The average Bonchev–Trinajstić information content (AvgIpc) is 3.00. The van der Waals surface area contributed by atoms with Gasteiger partial charge in [0.05, 0.1) is 0 Å². The lowest BCUT2D eigenvalue weighted by Gasteiger charge is -2.03. The van der Waals surface area contributed by atoms with Gasteiger partial charge in [0.1, 0.15) is 23.5 Å². The summed E-state index contributed by atoms with van der Waals surface area (Å²) in [4.78, 5) is 14.8. The molecule has 1 heterocycles. The predicted octanol–water partition coefficient (Wildman–Crippen LogP) is 4.44. The van der Waals surface area contributed by atoms with Gasteiger partial charge in [-0.1, -0.05) is 48.5 Å². The highest BCUT2D eigenvalue weighted by atomic mass is 16.5. The molecule has 4 nitrogen and oxygen atoms in total. The van der Waals surface area contributed by atoms with Gasteiger partial charge in [0.25, 0.3) is 0 Å². The van der Waals surface area contributed by atoms with Crippen molar-refractivity contribution in [2.45, 2.75) is 13.5 Å². The Labute approximate surface area is 140 Å². The molecule has 0 N–H and O–H groups in total. The lowest BCUT2D eigenvalue weighted by molar-refractivity contribution is -0.104. The van der Waals surface area contributed by atoms with Crippen molar-refractivity contribution < 1.29 is 13.9 Å². The van der Waals surface area contributed by atoms with Crippen LogP contribution in [-0.4, -0.2) is 11.3 Å². The van der Waals surface area contributed by atoms with Gasteiger partial charge in [0.2, 0.25) is 5.89 Å². The summed E-state index contributed by atoms with van der Waals surface area (Å²) in [5.41, 5.74) is 2.80. The van der Waals surface area contributed by atoms with E-state index in [0.29, 0.717) is 5.89 Å². The molecule has 4 heteroatoms. The van der Waals surface area contributed by atoms with Gasteiger partial charge in [-0.2, -0.15) is 0 Å². The summed E-state index contributed by atoms with van der Waals surface area (Å²) < 4.78 is 11.4. The third-order valence-electron chi connectivity index (χ3n) is 3.50. The minimum absolute atomic E-state index is 0.261. The summed E-state index contributed by atoms with van der Waals surface area (Å²) in [5.74, 6) is 2.03. The molecular weight excluding hydrogens is 302 g/mol. The van der Waals surface area contributed by atoms with Crippen molar-refractivity contribution >= 4 is 12.4 Å². The Bertz CT molecular complexity index is 833. The predicted molar refractivity (Wildman–Crippen MR) is 92.5 cm³/mol. The molecule has 0 spiro atoms. The molecule has 0 atom stereocenters. The second-order valence-corrected chi connectivity index (χ2v) is 5.23. The molecule has 24 heavy (non-hydrogen) atoms. The number of hydrogen-bond acceptors (Lipinski definition) is 4. The molecule has 0 aliphatic heterocycles. The minimum Gasteiger partial charge on any atom is -0.484 e. The Morgan fingerprint density at radius 2 is 1.83 bits per heavy atom. The maximum atomic E-state index is 10.3. The highest BCUT2D eigenvalue weighted by Gasteiger charge is 2.11. The van der Waals surface area contributed by atoms with E-state index in [0.717, 1.165) is 34.6 Å². The number of nitrogens with zero attached hydrogens (tertiary/aromatic N) is 1. The highest BCUT2D eigenvalue weighted by Crippen LogP contribution is 2.24. The molecule has 0 bridgehead atoms. The van der Waals surface area contributed by atoms with E-state index in [1.54, 1.807) is 6.08 Å². The summed E-state index contributed by atoms with van der Waals surface area (Å²) in [6.07, 6.45) is 3.94. The monoisotopic (exact) mass is 319 g/mol. The minimum atomic E-state index is 0.261. The van der Waals surface area contributed by atoms with Gasteiger partial charge in [0, 0.05) is 5.56 Å². The van der Waals surface area contributed by atoms with Gasteiger partial charge >= 0.3 is 0 Å². The first-order valence-corrected chi connectivity index (χ1v) is 7.62. The van der Waals surface area contributed by atoms with Crippen LogP contribution >= 0.6 is 0 Å². The van der Waals surface area contributed by atoms with E-state index in [2.05, 4.69) is 4.98 Å². The molecular formula is C20H17NO3. The van der Waals surface area contributed by atoms with Crippen LogP contribution in [0.2, 0.25) is 0 Å². The van der Waals surface area contributed by atoms with Crippen molar-refractivity contribution in [1.29, 1.82) is 0 Å². The van der Waals surface area contributed by atoms with Gasteiger partial charge in [-0.25, -0.2) is 4.98 Å². The first-order chi connectivity index (χ1) is 11.8. The molecule has 0 radical (unpaired) electrons. The Kier molecular flexibility index (Phi) is 4.87. The van der Waals surface area contributed by atoms with Gasteiger partial charge < -0.3 is 9.15 Å². The SMILES string of the molecule is Cc1oc(COc2ccc(C=CC=O)cc2)nc1-c1ccccc1. The molecule has 0 fully saturated rings. The van der Waals surface area contributed by atoms with Crippen molar-refractivity contribution in [2.24, 2.45) is 0 Å². The number of carbonyl (C=O) groups excluding carboxylic acids is 1. The number of oxazole rings is 1. The molecule has 0 saturated carbocycles. The maximum Gasteiger partial charge on any atom is 0.233 e. The third kappa shape index (κ3) is 3.79. The van der Waals surface area contributed by atoms with Gasteiger partial charge in [-0.15, -0.1) is 0 Å². The van der Waals surface area contributed by atoms with Crippen LogP contribution in [0, 0.1) is 6.92 Å². The van der Waals surface area contributed by atoms with Crippen LogP contribution in [0.1, 0.15) is 17.2 Å². The fourth-order valence-electron chi connectivity index (χ4n) is 2.35. The number of ether oxygens (including phenoxy) is 1. The zero-order valence-corrected chi connectivity index (χ0v) is 13.3. The lowest BCUT2D eigenvalue weighted by atomic mass is 10.1. The topological polar surface area (TPSA) is 52.3 Å². The van der Waals surface area contributed by atoms with Crippen molar-refractivity contribution in [3.8, 4) is 17.0 Å². The zero-order valence-electron chi connectivity index (χ0n) is 13.3. The largest absolute Gasteiger partial charge is 0.484 e. The standard InChI is InChI=1S/C20H17NO3/c1-15-20(17-7-3-2-4-8-17)21-19(24-15)14-23-18-11-9-16(10-12-18)6-5-13-22/h2-13H,14H2,1H3. The number of benzene rings is 2. The van der Waals surface area contributed by atoms with Crippen molar-refractivity contribution in [3.63, 3.8) is 0 Å². The van der Waals surface area contributed by atoms with E-state index in [1.165, 1.54) is 6.08 Å². The summed E-state index contributed by atoms with van der Waals surface area (Å²) in [5, 5.41) is 0. The second kappa shape index (κ2) is 7.42. The molecule has 0 aliphatic rings. The third-order valence-corrected chi connectivity index (χ3v) is 3.50. The van der Waals surface area contributed by atoms with E-state index in [1.807, 2.05) is 61.5 Å². The Balaban J connectivity index is 1.67. The highest BCUT2D eigenvalue weighted by molar-refractivity contribution is 5.73. The molecule has 0 unspecified atom stereocenters. The van der Waals surface area contributed by atoms with Crippen molar-refractivity contribution in [1.82, 2.24) is 4.98 Å². The fraction of sp³-hybridized carbons (Fsp3) is 0.100. The first kappa shape index (κ1) is 15.7. The second-order valence-electron chi connectivity index (χ2n) is 5.23. The van der Waals surface area contributed by atoms with Crippen LogP contribution in [0.3, 0.4) is 0 Å². The van der Waals surface area contributed by atoms with Crippen LogP contribution in [-0.2, 0) is 11.4 Å². The van der Waals surface area contributed by atoms with Crippen LogP contribution < -0.4 is 4.74 Å². The Hall–Kier alpha value is -3.14. The van der Waals surface area contributed by atoms with Gasteiger partial charge in [-0.05, 0) is 30.7 Å². The number of hydrogen-bond donors (Lipinski definition) is 0. The smallest absolute Gasteiger partial charge is 0.233 e. The molecule has 0 saturated heterocycles. The molecule has 3 rings (SSSR count). The number of carbonyl (C=O) groups is 1. The van der Waals surface area contributed by atoms with E-state index < -0.39 is 0 Å². The fourth-order valence-corrected chi connectivity index (χ4v) is 2.35. The molecule has 3 aromatic rings. The molecule has 1 aromatic heterocycles. The van der Waals surface area contributed by atoms with Crippen molar-refractivity contribution in [3.05, 3.63) is 77.9 Å². The molecule has 2 aromatic carbocycles. The van der Waals surface area contributed by atoms with Crippen LogP contribution in [0.4, 0.5) is 0 Å². The average molecular weight is 319 g/mol. The van der Waals surface area contributed by atoms with Gasteiger partial charge in [0.15, 0.2) is 6.61 Å². The maximum absolute atomic E-state index is 10.3. The molecule has 0 aliphatic carbocycles. The molecule has 120 valence electrons. The van der Waals surface area contributed by atoms with Crippen LogP contribution in [0.15, 0.2) is 65.1 Å². The number of aryl methyl sites for hydroxylation is 1. The Morgan fingerprint density at radius 1 is 1.08 bits per heavy atom. The van der Waals surface area contributed by atoms with E-state index in [9.17, 15) is 4.79 Å². The van der Waals surface area contributed by atoms with Crippen LogP contribution in [0.5, 0.6) is 5.75 Å². The lowest BCUT2D eigenvalue weighted by Crippen LogP contribution is -1.95. The van der Waals surface area contributed by atoms with Crippen molar-refractivity contribution in [2.75, 3.05) is 0 Å². The van der Waals surface area contributed by atoms with Gasteiger partial charge in [-0.3, -0.25) is 4.79 Å². The number of aldehydes is 1. The van der Waals surface area contributed by atoms with Crippen LogP contribution in [0.25, 0.3) is 17.3 Å². The number of allylic oxidation sites excluding steroid dienone is 1. The quantitative estimate of drug-likeness (QED) is 0.498. The Morgan fingerprint density at radius 3 is 2.54 bits per heavy atom. The number of rotatable bonds is 6. The first-order valence-electron chi connectivity index (χ1n) is 7.62. The van der Waals surface area contributed by atoms with E-state index in [4.69, 9.17) is 9.15 Å². The summed E-state index contributed by atoms with van der Waals surface area (Å²) in [6.45, 7) is 2.16. The normalized spacial score (nSPS) is 10.9. The summed E-state index contributed by atoms with van der Waals surface area (Å²) in [6, 6.07) is 17.4. The molecule has 0 amide bonds. The van der Waals surface area contributed by atoms with E-state index in [-0.39, 0.29) is 6.61 Å². The number of aromatic nitrogens is 1. The summed E-state index contributed by atoms with van der Waals surface area (Å²) >= 11 is 0. The van der Waals surface area contributed by atoms with E-state index >= 15 is 0 Å².